The first-order chi connectivity index (χ1) is 9.92. The number of amides is 1. The lowest BCUT2D eigenvalue weighted by molar-refractivity contribution is -0.137. The summed E-state index contributed by atoms with van der Waals surface area (Å²) < 4.78 is 26.0. The molecule has 0 heterocycles. The van der Waals surface area contributed by atoms with Gasteiger partial charge >= 0.3 is 19.7 Å². The molecule has 1 atom stereocenters. The molecule has 1 rings (SSSR count). The SMILES string of the molecule is COP(=O)(OC)C(NC(=O)OCc1ccccc1)C(=O)O. The third-order valence-corrected chi connectivity index (χ3v) is 4.53. The predicted octanol–water partition coefficient (Wildman–Crippen LogP) is 1.81. The number of carboxylic acid groups (broad SMARTS) is 1. The molecule has 0 aliphatic rings. The van der Waals surface area contributed by atoms with E-state index in [2.05, 4.69) is 9.05 Å². The summed E-state index contributed by atoms with van der Waals surface area (Å²) in [4.78, 5) is 22.7. The number of benzene rings is 1. The van der Waals surface area contributed by atoms with Gasteiger partial charge < -0.3 is 18.9 Å². The Morgan fingerprint density at radius 1 is 1.24 bits per heavy atom. The zero-order chi connectivity index (χ0) is 15.9. The maximum absolute atomic E-state index is 12.0. The highest BCUT2D eigenvalue weighted by Gasteiger charge is 2.41. The van der Waals surface area contributed by atoms with Gasteiger partial charge in [0, 0.05) is 14.2 Å². The number of rotatable bonds is 7. The van der Waals surface area contributed by atoms with E-state index in [1.165, 1.54) is 0 Å². The van der Waals surface area contributed by atoms with Gasteiger partial charge in [0.25, 0.3) is 0 Å². The van der Waals surface area contributed by atoms with Gasteiger partial charge in [-0.15, -0.1) is 0 Å². The number of alkyl carbamates (subject to hydrolysis) is 1. The molecule has 1 aromatic carbocycles. The van der Waals surface area contributed by atoms with Crippen molar-refractivity contribution in [1.29, 1.82) is 0 Å². The number of carboxylic acids is 1. The van der Waals surface area contributed by atoms with Crippen molar-refractivity contribution in [2.24, 2.45) is 0 Å². The summed E-state index contributed by atoms with van der Waals surface area (Å²) in [5.41, 5.74) is 0.723. The number of carbonyl (C=O) groups excluding carboxylic acids is 1. The van der Waals surface area contributed by atoms with Crippen LogP contribution in [0.5, 0.6) is 0 Å². The van der Waals surface area contributed by atoms with Crippen LogP contribution in [-0.4, -0.2) is 37.2 Å². The highest BCUT2D eigenvalue weighted by atomic mass is 31.2. The van der Waals surface area contributed by atoms with E-state index in [0.29, 0.717) is 0 Å². The van der Waals surface area contributed by atoms with E-state index < -0.39 is 25.4 Å². The Morgan fingerprint density at radius 2 is 1.81 bits per heavy atom. The minimum Gasteiger partial charge on any atom is -0.479 e. The van der Waals surface area contributed by atoms with E-state index in [0.717, 1.165) is 19.8 Å². The molecule has 0 aliphatic heterocycles. The fourth-order valence-corrected chi connectivity index (χ4v) is 2.54. The van der Waals surface area contributed by atoms with Crippen molar-refractivity contribution in [1.82, 2.24) is 5.32 Å². The number of nitrogens with one attached hydrogen (secondary N) is 1. The van der Waals surface area contributed by atoms with E-state index in [1.54, 1.807) is 30.3 Å². The molecule has 0 aliphatic carbocycles. The summed E-state index contributed by atoms with van der Waals surface area (Å²) >= 11 is 0. The maximum atomic E-state index is 12.0. The van der Waals surface area contributed by atoms with Gasteiger partial charge in [-0.05, 0) is 5.56 Å². The average Bonchev–Trinajstić information content (AvgIpc) is 2.50. The van der Waals surface area contributed by atoms with Crippen LogP contribution >= 0.6 is 7.60 Å². The van der Waals surface area contributed by atoms with Crippen molar-refractivity contribution < 1.29 is 33.0 Å². The van der Waals surface area contributed by atoms with Crippen LogP contribution in [0.4, 0.5) is 4.79 Å². The van der Waals surface area contributed by atoms with Crippen molar-refractivity contribution in [3.8, 4) is 0 Å². The number of carbonyl (C=O) groups is 2. The quantitative estimate of drug-likeness (QED) is 0.738. The summed E-state index contributed by atoms with van der Waals surface area (Å²) in [6.45, 7) is -0.0523. The van der Waals surface area contributed by atoms with Gasteiger partial charge in [0.1, 0.15) is 6.61 Å². The molecule has 0 spiro atoms. The standard InChI is InChI=1S/C12H16NO7P/c1-18-21(17,19-2)10(11(14)15)13-12(16)20-8-9-6-4-3-5-7-9/h3-7,10H,8H2,1-2H3,(H,13,16)(H,14,15). The molecule has 0 radical (unpaired) electrons. The largest absolute Gasteiger partial charge is 0.479 e. The zero-order valence-electron chi connectivity index (χ0n) is 11.5. The Labute approximate surface area is 121 Å². The normalized spacial score (nSPS) is 12.5. The number of hydrogen-bond donors (Lipinski definition) is 2. The van der Waals surface area contributed by atoms with Gasteiger partial charge in [-0.2, -0.15) is 0 Å². The summed E-state index contributed by atoms with van der Waals surface area (Å²) in [7, 11) is -1.96. The number of ether oxygens (including phenoxy) is 1. The number of aliphatic carboxylic acids is 1. The molecule has 0 aromatic heterocycles. The lowest BCUT2D eigenvalue weighted by Crippen LogP contribution is -2.41. The molecule has 9 heteroatoms. The number of hydrogen-bond acceptors (Lipinski definition) is 6. The molecular weight excluding hydrogens is 301 g/mol. The highest BCUT2D eigenvalue weighted by Crippen LogP contribution is 2.50. The van der Waals surface area contributed by atoms with Crippen LogP contribution in [0.1, 0.15) is 5.56 Å². The Hall–Kier alpha value is -1.89. The molecule has 116 valence electrons. The molecule has 2 N–H and O–H groups in total. The minimum atomic E-state index is -4.01. The molecule has 1 aromatic rings. The first-order valence-electron chi connectivity index (χ1n) is 5.84. The third-order valence-electron chi connectivity index (χ3n) is 2.53. The van der Waals surface area contributed by atoms with Crippen LogP contribution < -0.4 is 5.32 Å². The fraction of sp³-hybridized carbons (Fsp3) is 0.333. The van der Waals surface area contributed by atoms with Crippen LogP contribution in [0.2, 0.25) is 0 Å². The maximum Gasteiger partial charge on any atom is 0.408 e. The van der Waals surface area contributed by atoms with Crippen LogP contribution in [-0.2, 0) is 29.8 Å². The third kappa shape index (κ3) is 4.86. The summed E-state index contributed by atoms with van der Waals surface area (Å²) in [5, 5.41) is 11.0. The van der Waals surface area contributed by atoms with Gasteiger partial charge in [0.05, 0.1) is 0 Å². The summed E-state index contributed by atoms with van der Waals surface area (Å²) in [5.74, 6) is -3.41. The van der Waals surface area contributed by atoms with Crippen LogP contribution in [0, 0.1) is 0 Å². The Kier molecular flexibility index (Phi) is 6.36. The van der Waals surface area contributed by atoms with Crippen LogP contribution in [0.3, 0.4) is 0 Å². The minimum absolute atomic E-state index is 0.0523. The molecule has 1 unspecified atom stereocenters. The average molecular weight is 317 g/mol. The van der Waals surface area contributed by atoms with Gasteiger partial charge in [0.15, 0.2) is 0 Å². The molecule has 8 nitrogen and oxygen atoms in total. The molecular formula is C12H16NO7P. The monoisotopic (exact) mass is 317 g/mol. The van der Waals surface area contributed by atoms with Gasteiger partial charge in [-0.3, -0.25) is 9.88 Å². The van der Waals surface area contributed by atoms with Crippen molar-refractivity contribution in [3.05, 3.63) is 35.9 Å². The van der Waals surface area contributed by atoms with Crippen molar-refractivity contribution in [2.45, 2.75) is 12.4 Å². The Balaban J connectivity index is 2.65. The second-order valence-corrected chi connectivity index (χ2v) is 6.18. The van der Waals surface area contributed by atoms with Gasteiger partial charge in [-0.25, -0.2) is 9.59 Å². The Bertz CT molecular complexity index is 526. The Morgan fingerprint density at radius 3 is 2.29 bits per heavy atom. The second-order valence-electron chi connectivity index (χ2n) is 3.85. The zero-order valence-corrected chi connectivity index (χ0v) is 12.4. The molecule has 0 fully saturated rings. The summed E-state index contributed by atoms with van der Waals surface area (Å²) in [6.07, 6.45) is -1.04. The van der Waals surface area contributed by atoms with Crippen LogP contribution in [0.15, 0.2) is 30.3 Å². The predicted molar refractivity (Wildman–Crippen MR) is 72.8 cm³/mol. The molecule has 0 saturated carbocycles. The molecule has 0 saturated heterocycles. The first kappa shape index (κ1) is 17.2. The second kappa shape index (κ2) is 7.78. The van der Waals surface area contributed by atoms with E-state index in [-0.39, 0.29) is 6.61 Å². The van der Waals surface area contributed by atoms with Gasteiger partial charge in [0.2, 0.25) is 5.78 Å². The highest BCUT2D eigenvalue weighted by molar-refractivity contribution is 7.55. The smallest absolute Gasteiger partial charge is 0.408 e. The molecule has 0 bridgehead atoms. The molecule has 21 heavy (non-hydrogen) atoms. The topological polar surface area (TPSA) is 111 Å². The summed E-state index contributed by atoms with van der Waals surface area (Å²) in [6, 6.07) is 8.80. The van der Waals surface area contributed by atoms with Crippen molar-refractivity contribution >= 4 is 19.7 Å². The van der Waals surface area contributed by atoms with E-state index in [1.807, 2.05) is 5.32 Å². The first-order valence-corrected chi connectivity index (χ1v) is 7.45. The van der Waals surface area contributed by atoms with E-state index >= 15 is 0 Å². The lowest BCUT2D eigenvalue weighted by Gasteiger charge is -2.21. The molecule has 1 amide bonds. The fourth-order valence-electron chi connectivity index (χ4n) is 1.44. The van der Waals surface area contributed by atoms with E-state index in [9.17, 15) is 14.2 Å². The van der Waals surface area contributed by atoms with Crippen molar-refractivity contribution in [3.63, 3.8) is 0 Å². The lowest BCUT2D eigenvalue weighted by atomic mass is 10.2. The van der Waals surface area contributed by atoms with Crippen LogP contribution in [0.25, 0.3) is 0 Å². The van der Waals surface area contributed by atoms with Crippen molar-refractivity contribution in [2.75, 3.05) is 14.2 Å². The van der Waals surface area contributed by atoms with E-state index in [4.69, 9.17) is 9.84 Å². The van der Waals surface area contributed by atoms with Gasteiger partial charge in [-0.1, -0.05) is 30.3 Å².